The number of methoxy groups -OCH3 is 1. The molecule has 4 nitrogen and oxygen atoms in total. The van der Waals surface area contributed by atoms with Crippen molar-refractivity contribution in [2.45, 2.75) is 0 Å². The van der Waals surface area contributed by atoms with Gasteiger partial charge in [-0.2, -0.15) is 5.26 Å². The molecule has 0 saturated heterocycles. The Morgan fingerprint density at radius 3 is 2.80 bits per heavy atom. The van der Waals surface area contributed by atoms with Crippen LogP contribution in [0.25, 0.3) is 0 Å². The number of benzene rings is 1. The molecule has 0 aromatic heterocycles. The van der Waals surface area contributed by atoms with E-state index in [-0.39, 0.29) is 28.5 Å². The van der Waals surface area contributed by atoms with E-state index < -0.39 is 0 Å². The number of carbonyl (C=O) groups is 1. The van der Waals surface area contributed by atoms with E-state index in [9.17, 15) is 4.79 Å². The van der Waals surface area contributed by atoms with Gasteiger partial charge < -0.3 is 10.5 Å². The van der Waals surface area contributed by atoms with E-state index in [2.05, 4.69) is 0 Å². The van der Waals surface area contributed by atoms with Gasteiger partial charge in [0.15, 0.2) is 5.78 Å². The molecule has 0 aliphatic heterocycles. The molecule has 15 heavy (non-hydrogen) atoms. The number of nitriles is 1. The third-order valence-corrected chi connectivity index (χ3v) is 2.17. The Hall–Kier alpha value is -1.73. The Balaban J connectivity index is 3.47. The minimum Gasteiger partial charge on any atom is -0.495 e. The van der Waals surface area contributed by atoms with Crippen LogP contribution >= 0.6 is 11.6 Å². The number of nitrogen functional groups attached to an aromatic ring is 1. The number of rotatable bonds is 3. The van der Waals surface area contributed by atoms with E-state index in [0.717, 1.165) is 0 Å². The number of hydrogen-bond acceptors (Lipinski definition) is 4. The van der Waals surface area contributed by atoms with E-state index >= 15 is 0 Å². The van der Waals surface area contributed by atoms with Crippen LogP contribution in [0.3, 0.4) is 0 Å². The zero-order valence-corrected chi connectivity index (χ0v) is 8.84. The minimum atomic E-state index is -0.385. The second-order valence-electron chi connectivity index (χ2n) is 2.78. The summed E-state index contributed by atoms with van der Waals surface area (Å²) in [5.41, 5.74) is 6.10. The lowest BCUT2D eigenvalue weighted by atomic mass is 10.0. The molecular weight excluding hydrogens is 216 g/mol. The topological polar surface area (TPSA) is 76.1 Å². The first kappa shape index (κ1) is 11.3. The Bertz CT molecular complexity index is 438. The third-order valence-electron chi connectivity index (χ3n) is 1.93. The average molecular weight is 225 g/mol. The number of alkyl halides is 1. The summed E-state index contributed by atoms with van der Waals surface area (Å²) in [5, 5.41) is 8.92. The highest BCUT2D eigenvalue weighted by Gasteiger charge is 2.18. The molecule has 0 aliphatic rings. The van der Waals surface area contributed by atoms with E-state index in [1.807, 2.05) is 6.07 Å². The Morgan fingerprint density at radius 2 is 2.33 bits per heavy atom. The highest BCUT2D eigenvalue weighted by Crippen LogP contribution is 2.27. The fourth-order valence-corrected chi connectivity index (χ4v) is 1.38. The van der Waals surface area contributed by atoms with Gasteiger partial charge in [0.05, 0.1) is 18.6 Å². The average Bonchev–Trinajstić information content (AvgIpc) is 2.27. The summed E-state index contributed by atoms with van der Waals surface area (Å²) in [6, 6.07) is 4.94. The summed E-state index contributed by atoms with van der Waals surface area (Å²) in [6.45, 7) is 0. The Labute approximate surface area is 92.2 Å². The van der Waals surface area contributed by atoms with Crippen molar-refractivity contribution in [3.63, 3.8) is 0 Å². The van der Waals surface area contributed by atoms with Gasteiger partial charge in [-0.1, -0.05) is 0 Å². The van der Waals surface area contributed by atoms with Crippen LogP contribution in [0.4, 0.5) is 5.69 Å². The first-order valence-corrected chi connectivity index (χ1v) is 4.64. The standard InChI is InChI=1S/C10H9ClN2O2/c1-15-9-3-2-7(13)10(6(9)5-12)8(14)4-11/h2-3H,4,13H2,1H3. The largest absolute Gasteiger partial charge is 0.495 e. The summed E-state index contributed by atoms with van der Waals surface area (Å²) in [6.07, 6.45) is 0. The third kappa shape index (κ3) is 2.03. The van der Waals surface area contributed by atoms with Crippen LogP contribution in [0.5, 0.6) is 5.75 Å². The van der Waals surface area contributed by atoms with Gasteiger partial charge in [-0.25, -0.2) is 0 Å². The molecule has 0 bridgehead atoms. The van der Waals surface area contributed by atoms with Crippen molar-refractivity contribution in [2.24, 2.45) is 0 Å². The smallest absolute Gasteiger partial charge is 0.181 e. The summed E-state index contributed by atoms with van der Waals surface area (Å²) >= 11 is 5.43. The summed E-state index contributed by atoms with van der Waals surface area (Å²) in [5.74, 6) is -0.281. The molecule has 0 aliphatic carbocycles. The normalized spacial score (nSPS) is 9.40. The number of halogens is 1. The highest BCUT2D eigenvalue weighted by atomic mass is 35.5. The number of ether oxygens (including phenoxy) is 1. The zero-order valence-electron chi connectivity index (χ0n) is 8.08. The highest BCUT2D eigenvalue weighted by molar-refractivity contribution is 6.31. The van der Waals surface area contributed by atoms with Crippen molar-refractivity contribution in [1.82, 2.24) is 0 Å². The molecule has 0 atom stereocenters. The monoisotopic (exact) mass is 224 g/mol. The first-order chi connectivity index (χ1) is 7.15. The molecule has 0 radical (unpaired) electrons. The minimum absolute atomic E-state index is 0.128. The number of nitrogens with zero attached hydrogens (tertiary/aromatic N) is 1. The summed E-state index contributed by atoms with van der Waals surface area (Å²) in [7, 11) is 1.42. The van der Waals surface area contributed by atoms with Crippen LogP contribution in [0.1, 0.15) is 15.9 Å². The van der Waals surface area contributed by atoms with Gasteiger partial charge in [-0.3, -0.25) is 4.79 Å². The lowest BCUT2D eigenvalue weighted by Gasteiger charge is -2.09. The van der Waals surface area contributed by atoms with Crippen LogP contribution in [-0.4, -0.2) is 18.8 Å². The van der Waals surface area contributed by atoms with Gasteiger partial charge in [0.1, 0.15) is 17.4 Å². The lowest BCUT2D eigenvalue weighted by Crippen LogP contribution is -2.09. The van der Waals surface area contributed by atoms with Gasteiger partial charge >= 0.3 is 0 Å². The molecule has 1 aromatic carbocycles. The van der Waals surface area contributed by atoms with Crippen LogP contribution in [0, 0.1) is 11.3 Å². The summed E-state index contributed by atoms with van der Waals surface area (Å²) in [4.78, 5) is 11.5. The van der Waals surface area contributed by atoms with Crippen molar-refractivity contribution < 1.29 is 9.53 Å². The fourth-order valence-electron chi connectivity index (χ4n) is 1.25. The molecule has 0 unspecified atom stereocenters. The number of ketones is 1. The van der Waals surface area contributed by atoms with Crippen molar-refractivity contribution in [3.05, 3.63) is 23.3 Å². The quantitative estimate of drug-likeness (QED) is 0.480. The number of Topliss-reactive ketones (excluding diaryl/α,β-unsaturated/α-hetero) is 1. The van der Waals surface area contributed by atoms with Gasteiger partial charge in [0.2, 0.25) is 0 Å². The van der Waals surface area contributed by atoms with E-state index in [1.165, 1.54) is 13.2 Å². The molecule has 0 amide bonds. The first-order valence-electron chi connectivity index (χ1n) is 4.11. The van der Waals surface area contributed by atoms with Crippen molar-refractivity contribution >= 4 is 23.1 Å². The van der Waals surface area contributed by atoms with Crippen LogP contribution in [0.15, 0.2) is 12.1 Å². The van der Waals surface area contributed by atoms with E-state index in [1.54, 1.807) is 6.07 Å². The van der Waals surface area contributed by atoms with Crippen LogP contribution < -0.4 is 10.5 Å². The number of anilines is 1. The maximum Gasteiger partial charge on any atom is 0.181 e. The molecular formula is C10H9ClN2O2. The molecule has 0 fully saturated rings. The maximum absolute atomic E-state index is 11.5. The number of carbonyl (C=O) groups excluding carboxylic acids is 1. The molecule has 0 heterocycles. The maximum atomic E-state index is 11.5. The van der Waals surface area contributed by atoms with Gasteiger partial charge in [-0.05, 0) is 12.1 Å². The molecule has 0 saturated carbocycles. The van der Waals surface area contributed by atoms with Gasteiger partial charge in [0.25, 0.3) is 0 Å². The molecule has 1 rings (SSSR count). The molecule has 2 N–H and O–H groups in total. The molecule has 1 aromatic rings. The second kappa shape index (κ2) is 4.67. The molecule has 0 spiro atoms. The van der Waals surface area contributed by atoms with E-state index in [4.69, 9.17) is 27.3 Å². The molecule has 78 valence electrons. The predicted octanol–water partition coefficient (Wildman–Crippen LogP) is 1.57. The lowest BCUT2D eigenvalue weighted by molar-refractivity contribution is 0.102. The SMILES string of the molecule is COc1ccc(N)c(C(=O)CCl)c1C#N. The van der Waals surface area contributed by atoms with Crippen molar-refractivity contribution in [2.75, 3.05) is 18.7 Å². The Morgan fingerprint density at radius 1 is 1.67 bits per heavy atom. The zero-order chi connectivity index (χ0) is 11.4. The Kier molecular flexibility index (Phi) is 3.53. The number of hydrogen-bond donors (Lipinski definition) is 1. The van der Waals surface area contributed by atoms with Crippen molar-refractivity contribution in [3.8, 4) is 11.8 Å². The van der Waals surface area contributed by atoms with Gasteiger partial charge in [-0.15, -0.1) is 11.6 Å². The van der Waals surface area contributed by atoms with Gasteiger partial charge in [0, 0.05) is 5.69 Å². The number of nitrogens with two attached hydrogens (primary N) is 1. The van der Waals surface area contributed by atoms with Crippen molar-refractivity contribution in [1.29, 1.82) is 5.26 Å². The van der Waals surface area contributed by atoms with Crippen LogP contribution in [0.2, 0.25) is 0 Å². The summed E-state index contributed by atoms with van der Waals surface area (Å²) < 4.78 is 4.95. The fraction of sp³-hybridized carbons (Fsp3) is 0.200. The van der Waals surface area contributed by atoms with Crippen LogP contribution in [-0.2, 0) is 0 Å². The molecule has 5 heteroatoms. The van der Waals surface area contributed by atoms with E-state index in [0.29, 0.717) is 5.75 Å². The second-order valence-corrected chi connectivity index (χ2v) is 3.04. The predicted molar refractivity (Wildman–Crippen MR) is 57.2 cm³/mol.